The van der Waals surface area contributed by atoms with E-state index in [0.29, 0.717) is 25.7 Å². The molecule has 3 unspecified atom stereocenters. The summed E-state index contributed by atoms with van der Waals surface area (Å²) >= 11 is 0. The maximum absolute atomic E-state index is 12.9. The Labute approximate surface area is 439 Å². The van der Waals surface area contributed by atoms with Crippen LogP contribution in [0.3, 0.4) is 0 Å². The standard InChI is InChI=1S/C60H105O11P/c1-4-7-10-13-16-19-22-25-27-28-30-32-34-37-40-43-46-49-58(62)67-53-57(71-60(64)51-48-45-42-39-36-33-29-26-23-20-17-14-11-8-5-2)55-69-72(65,66)68-54-56(52-61)70-59(63)50-47-44-41-38-35-31-24-21-18-15-12-9-6-3/h7,10,16,19,21,24-25,27,30,32,37,40,56-57,61H,4-6,8-9,11-15,17-18,20,22-23,26,28-29,31,33-36,38-39,41-55H2,1-3H3,(H,65,66)/b10-7-,19-16-,24-21-,27-25-,32-30-,40-37-. The average molecular weight is 1030 g/mol. The van der Waals surface area contributed by atoms with E-state index in [9.17, 15) is 28.9 Å². The summed E-state index contributed by atoms with van der Waals surface area (Å²) < 4.78 is 39.4. The van der Waals surface area contributed by atoms with Crippen molar-refractivity contribution in [1.82, 2.24) is 0 Å². The Hall–Kier alpha value is -3.08. The molecule has 0 amide bonds. The fraction of sp³-hybridized carbons (Fsp3) is 0.750. The molecule has 72 heavy (non-hydrogen) atoms. The zero-order valence-electron chi connectivity index (χ0n) is 45.9. The minimum atomic E-state index is -4.76. The van der Waals surface area contributed by atoms with E-state index in [-0.39, 0.29) is 25.9 Å². The van der Waals surface area contributed by atoms with Crippen LogP contribution in [-0.2, 0) is 42.2 Å². The molecule has 0 aliphatic carbocycles. The van der Waals surface area contributed by atoms with Crippen LogP contribution in [0.4, 0.5) is 0 Å². The lowest BCUT2D eigenvalue weighted by atomic mass is 10.0. The molecule has 2 N–H and O–H groups in total. The number of carbonyl (C=O) groups excluding carboxylic acids is 3. The molecule has 0 aromatic carbocycles. The number of hydrogen-bond acceptors (Lipinski definition) is 10. The molecule has 3 atom stereocenters. The Morgan fingerprint density at radius 3 is 1.18 bits per heavy atom. The molecule has 0 rings (SSSR count). The number of allylic oxidation sites excluding steroid dienone is 12. The van der Waals surface area contributed by atoms with E-state index < -0.39 is 57.8 Å². The Balaban J connectivity index is 4.80. The summed E-state index contributed by atoms with van der Waals surface area (Å²) in [6.07, 6.45) is 60.1. The lowest BCUT2D eigenvalue weighted by Gasteiger charge is -2.21. The van der Waals surface area contributed by atoms with Gasteiger partial charge in [-0.05, 0) is 83.5 Å². The third-order valence-corrected chi connectivity index (χ3v) is 13.1. The SMILES string of the molecule is CC/C=C\C/C=C\C/C=C\C/C=C\C/C=C\CCCC(=O)OCC(COP(=O)(O)OCC(CO)OC(=O)CCCCCCC/C=C\CCCCCC)OC(=O)CCCCCCCCCCCCCCCCC. The van der Waals surface area contributed by atoms with Crippen molar-refractivity contribution >= 4 is 25.7 Å². The van der Waals surface area contributed by atoms with Gasteiger partial charge in [0.1, 0.15) is 12.7 Å². The predicted molar refractivity (Wildman–Crippen MR) is 298 cm³/mol. The molecule has 11 nitrogen and oxygen atoms in total. The van der Waals surface area contributed by atoms with Gasteiger partial charge < -0.3 is 24.2 Å². The van der Waals surface area contributed by atoms with Gasteiger partial charge in [-0.1, -0.05) is 222 Å². The van der Waals surface area contributed by atoms with Crippen LogP contribution in [0.5, 0.6) is 0 Å². The number of ether oxygens (including phenoxy) is 3. The number of rotatable bonds is 53. The highest BCUT2D eigenvalue weighted by Crippen LogP contribution is 2.43. The first kappa shape index (κ1) is 68.9. The molecule has 12 heteroatoms. The lowest BCUT2D eigenvalue weighted by molar-refractivity contribution is -0.161. The molecule has 0 spiro atoms. The van der Waals surface area contributed by atoms with Gasteiger partial charge in [0.2, 0.25) is 0 Å². The first-order valence-electron chi connectivity index (χ1n) is 28.8. The topological polar surface area (TPSA) is 155 Å². The molecular weight excluding hydrogens is 928 g/mol. The highest BCUT2D eigenvalue weighted by Gasteiger charge is 2.28. The van der Waals surface area contributed by atoms with E-state index in [1.165, 1.54) is 96.3 Å². The summed E-state index contributed by atoms with van der Waals surface area (Å²) in [6, 6.07) is 0. The third-order valence-electron chi connectivity index (χ3n) is 12.1. The number of aliphatic hydroxyl groups is 1. The zero-order valence-corrected chi connectivity index (χ0v) is 46.8. The van der Waals surface area contributed by atoms with Gasteiger partial charge >= 0.3 is 25.7 Å². The minimum Gasteiger partial charge on any atom is -0.462 e. The lowest BCUT2D eigenvalue weighted by Crippen LogP contribution is -2.30. The van der Waals surface area contributed by atoms with E-state index in [4.69, 9.17) is 23.3 Å². The maximum Gasteiger partial charge on any atom is 0.472 e. The molecule has 0 aromatic heterocycles. The van der Waals surface area contributed by atoms with Gasteiger partial charge in [-0.25, -0.2) is 4.57 Å². The molecule has 0 radical (unpaired) electrons. The van der Waals surface area contributed by atoms with Gasteiger partial charge in [-0.15, -0.1) is 0 Å². The molecule has 0 saturated carbocycles. The van der Waals surface area contributed by atoms with Gasteiger partial charge in [0.15, 0.2) is 6.10 Å². The van der Waals surface area contributed by atoms with Crippen molar-refractivity contribution in [3.8, 4) is 0 Å². The largest absolute Gasteiger partial charge is 0.472 e. The maximum atomic E-state index is 12.9. The van der Waals surface area contributed by atoms with Crippen molar-refractivity contribution in [3.63, 3.8) is 0 Å². The van der Waals surface area contributed by atoms with E-state index in [2.05, 4.69) is 87.6 Å². The van der Waals surface area contributed by atoms with Crippen molar-refractivity contribution in [1.29, 1.82) is 0 Å². The second kappa shape index (κ2) is 54.2. The number of phosphoric acid groups is 1. The van der Waals surface area contributed by atoms with Crippen molar-refractivity contribution in [2.24, 2.45) is 0 Å². The zero-order chi connectivity index (χ0) is 52.7. The first-order valence-corrected chi connectivity index (χ1v) is 30.3. The molecule has 0 fully saturated rings. The highest BCUT2D eigenvalue weighted by molar-refractivity contribution is 7.47. The van der Waals surface area contributed by atoms with Gasteiger partial charge in [-0.2, -0.15) is 0 Å². The Morgan fingerprint density at radius 1 is 0.403 bits per heavy atom. The van der Waals surface area contributed by atoms with Gasteiger partial charge in [0.25, 0.3) is 0 Å². The molecule has 0 aliphatic rings. The number of carbonyl (C=O) groups is 3. The molecular formula is C60H105O11P. The van der Waals surface area contributed by atoms with Crippen molar-refractivity contribution < 1.29 is 52.2 Å². The van der Waals surface area contributed by atoms with Crippen LogP contribution in [0, 0.1) is 0 Å². The number of phosphoric ester groups is 1. The Kier molecular flexibility index (Phi) is 51.9. The third kappa shape index (κ3) is 51.8. The summed E-state index contributed by atoms with van der Waals surface area (Å²) in [7, 11) is -4.76. The first-order chi connectivity index (χ1) is 35.2. The van der Waals surface area contributed by atoms with Crippen LogP contribution >= 0.6 is 7.82 Å². The summed E-state index contributed by atoms with van der Waals surface area (Å²) in [5.41, 5.74) is 0. The van der Waals surface area contributed by atoms with Gasteiger partial charge in [0, 0.05) is 19.3 Å². The fourth-order valence-electron chi connectivity index (χ4n) is 7.74. The van der Waals surface area contributed by atoms with E-state index in [0.717, 1.165) is 89.9 Å². The molecule has 416 valence electrons. The van der Waals surface area contributed by atoms with Crippen LogP contribution in [-0.4, -0.2) is 66.5 Å². The second-order valence-electron chi connectivity index (χ2n) is 19.1. The van der Waals surface area contributed by atoms with E-state index in [1.54, 1.807) is 0 Å². The smallest absolute Gasteiger partial charge is 0.462 e. The molecule has 0 saturated heterocycles. The molecule has 0 heterocycles. The van der Waals surface area contributed by atoms with Crippen LogP contribution < -0.4 is 0 Å². The van der Waals surface area contributed by atoms with Gasteiger partial charge in [-0.3, -0.25) is 23.4 Å². The van der Waals surface area contributed by atoms with E-state index >= 15 is 0 Å². The quantitative estimate of drug-likeness (QED) is 0.0197. The van der Waals surface area contributed by atoms with Crippen molar-refractivity contribution in [2.75, 3.05) is 26.4 Å². The summed E-state index contributed by atoms with van der Waals surface area (Å²) in [5, 5.41) is 9.80. The second-order valence-corrected chi connectivity index (χ2v) is 20.5. The summed E-state index contributed by atoms with van der Waals surface area (Å²) in [4.78, 5) is 48.5. The van der Waals surface area contributed by atoms with Crippen LogP contribution in [0.1, 0.15) is 252 Å². The normalized spacial score (nSPS) is 13.9. The average Bonchev–Trinajstić information content (AvgIpc) is 3.37. The monoisotopic (exact) mass is 1030 g/mol. The number of unbranched alkanes of at least 4 members (excludes halogenated alkanes) is 24. The molecule has 0 aliphatic heterocycles. The van der Waals surface area contributed by atoms with Crippen LogP contribution in [0.15, 0.2) is 72.9 Å². The number of esters is 3. The number of hydrogen-bond donors (Lipinski definition) is 2. The van der Waals surface area contributed by atoms with Gasteiger partial charge in [0.05, 0.1) is 19.8 Å². The molecule has 0 bridgehead atoms. The number of aliphatic hydroxyl groups excluding tert-OH is 1. The van der Waals surface area contributed by atoms with Crippen molar-refractivity contribution in [3.05, 3.63) is 72.9 Å². The van der Waals surface area contributed by atoms with E-state index in [1.807, 2.05) is 6.08 Å². The highest BCUT2D eigenvalue weighted by atomic mass is 31.2. The summed E-state index contributed by atoms with van der Waals surface area (Å²) in [5.74, 6) is -1.54. The van der Waals surface area contributed by atoms with Crippen molar-refractivity contribution in [2.45, 2.75) is 264 Å². The summed E-state index contributed by atoms with van der Waals surface area (Å²) in [6.45, 7) is 4.46. The Bertz CT molecular complexity index is 1490. The molecule has 0 aromatic rings. The fourth-order valence-corrected chi connectivity index (χ4v) is 8.52. The van der Waals surface area contributed by atoms with Crippen LogP contribution in [0.25, 0.3) is 0 Å². The van der Waals surface area contributed by atoms with Crippen LogP contribution in [0.2, 0.25) is 0 Å². The minimum absolute atomic E-state index is 0.148. The Morgan fingerprint density at radius 2 is 0.736 bits per heavy atom. The predicted octanol–water partition coefficient (Wildman–Crippen LogP) is 16.9.